The standard InChI is InChI=1S/C21H25ClN2O4S/c1-16-19(22)7-6-8-20(16)23-21(25)15-28-17-9-11-18(12-10-17)29(26,27)24-13-4-2-3-5-14-24/h6-12H,2-5,13-15H2,1H3,(H,23,25). The number of sulfonamides is 1. The van der Waals surface area contributed by atoms with Gasteiger partial charge in [-0.05, 0) is 61.7 Å². The summed E-state index contributed by atoms with van der Waals surface area (Å²) >= 11 is 6.05. The van der Waals surface area contributed by atoms with Crippen molar-refractivity contribution >= 4 is 33.2 Å². The van der Waals surface area contributed by atoms with Crippen molar-refractivity contribution in [1.29, 1.82) is 0 Å². The van der Waals surface area contributed by atoms with Crippen LogP contribution in [0.3, 0.4) is 0 Å². The first-order chi connectivity index (χ1) is 13.9. The Morgan fingerprint density at radius 1 is 1.07 bits per heavy atom. The summed E-state index contributed by atoms with van der Waals surface area (Å²) in [5.74, 6) is 0.106. The molecule has 0 radical (unpaired) electrons. The molecule has 3 rings (SSSR count). The third-order valence-corrected chi connectivity index (χ3v) is 7.26. The fraction of sp³-hybridized carbons (Fsp3) is 0.381. The van der Waals surface area contributed by atoms with Crippen LogP contribution in [0.4, 0.5) is 5.69 Å². The highest BCUT2D eigenvalue weighted by Gasteiger charge is 2.25. The van der Waals surface area contributed by atoms with E-state index in [0.717, 1.165) is 31.2 Å². The minimum atomic E-state index is -3.50. The molecule has 1 N–H and O–H groups in total. The second-order valence-electron chi connectivity index (χ2n) is 7.04. The molecule has 0 aliphatic carbocycles. The largest absolute Gasteiger partial charge is 0.484 e. The summed E-state index contributed by atoms with van der Waals surface area (Å²) in [5.41, 5.74) is 1.41. The number of nitrogens with one attached hydrogen (secondary N) is 1. The minimum absolute atomic E-state index is 0.190. The van der Waals surface area contributed by atoms with Gasteiger partial charge in [0.2, 0.25) is 10.0 Å². The van der Waals surface area contributed by atoms with E-state index in [4.69, 9.17) is 16.3 Å². The van der Waals surface area contributed by atoms with E-state index in [1.54, 1.807) is 34.6 Å². The Balaban J connectivity index is 1.59. The topological polar surface area (TPSA) is 75.7 Å². The Morgan fingerprint density at radius 2 is 1.72 bits per heavy atom. The zero-order valence-electron chi connectivity index (χ0n) is 16.4. The summed E-state index contributed by atoms with van der Waals surface area (Å²) in [5, 5.41) is 3.33. The molecule has 0 unspecified atom stereocenters. The lowest BCUT2D eigenvalue weighted by Crippen LogP contribution is -2.31. The van der Waals surface area contributed by atoms with Crippen LogP contribution in [-0.2, 0) is 14.8 Å². The second kappa shape index (κ2) is 9.61. The number of anilines is 1. The molecule has 6 nitrogen and oxygen atoms in total. The maximum atomic E-state index is 12.8. The van der Waals surface area contributed by atoms with E-state index in [1.807, 2.05) is 6.92 Å². The number of carbonyl (C=O) groups excluding carboxylic acids is 1. The van der Waals surface area contributed by atoms with Gasteiger partial charge in [-0.15, -0.1) is 0 Å². The lowest BCUT2D eigenvalue weighted by Gasteiger charge is -2.20. The molecule has 0 atom stereocenters. The first-order valence-corrected chi connectivity index (χ1v) is 11.5. The molecule has 0 bridgehead atoms. The SMILES string of the molecule is Cc1c(Cl)cccc1NC(=O)COc1ccc(S(=O)(=O)N2CCCCCC2)cc1. The van der Waals surface area contributed by atoms with E-state index in [9.17, 15) is 13.2 Å². The maximum absolute atomic E-state index is 12.8. The van der Waals surface area contributed by atoms with Crippen LogP contribution in [-0.4, -0.2) is 38.3 Å². The number of nitrogens with zero attached hydrogens (tertiary/aromatic N) is 1. The number of rotatable bonds is 6. The maximum Gasteiger partial charge on any atom is 0.262 e. The molecule has 1 aliphatic heterocycles. The molecular weight excluding hydrogens is 412 g/mol. The lowest BCUT2D eigenvalue weighted by molar-refractivity contribution is -0.118. The fourth-order valence-electron chi connectivity index (χ4n) is 3.22. The molecule has 0 spiro atoms. The van der Waals surface area contributed by atoms with Crippen LogP contribution in [0.15, 0.2) is 47.4 Å². The van der Waals surface area contributed by atoms with Crippen molar-refractivity contribution in [1.82, 2.24) is 4.31 Å². The number of halogens is 1. The van der Waals surface area contributed by atoms with Crippen molar-refractivity contribution in [2.45, 2.75) is 37.5 Å². The predicted molar refractivity (Wildman–Crippen MR) is 114 cm³/mol. The normalized spacial score (nSPS) is 15.5. The molecular formula is C21H25ClN2O4S. The third kappa shape index (κ3) is 5.50. The monoisotopic (exact) mass is 436 g/mol. The van der Waals surface area contributed by atoms with Crippen molar-refractivity contribution in [2.75, 3.05) is 25.0 Å². The van der Waals surface area contributed by atoms with Crippen molar-refractivity contribution in [2.24, 2.45) is 0 Å². The molecule has 156 valence electrons. The van der Waals surface area contributed by atoms with E-state index >= 15 is 0 Å². The molecule has 0 saturated carbocycles. The highest BCUT2D eigenvalue weighted by atomic mass is 35.5. The van der Waals surface area contributed by atoms with Gasteiger partial charge in [0.05, 0.1) is 4.90 Å². The van der Waals surface area contributed by atoms with E-state index in [1.165, 1.54) is 12.1 Å². The van der Waals surface area contributed by atoms with Gasteiger partial charge in [-0.3, -0.25) is 4.79 Å². The van der Waals surface area contributed by atoms with Gasteiger partial charge in [0.15, 0.2) is 6.61 Å². The summed E-state index contributed by atoms with van der Waals surface area (Å²) < 4.78 is 32.6. The summed E-state index contributed by atoms with van der Waals surface area (Å²) in [7, 11) is -3.50. The Kier molecular flexibility index (Phi) is 7.16. The molecule has 1 heterocycles. The number of hydrogen-bond donors (Lipinski definition) is 1. The van der Waals surface area contributed by atoms with Crippen LogP contribution in [0.2, 0.25) is 5.02 Å². The Morgan fingerprint density at radius 3 is 2.38 bits per heavy atom. The predicted octanol–water partition coefficient (Wildman–Crippen LogP) is 4.23. The van der Waals surface area contributed by atoms with Gasteiger partial charge in [0.1, 0.15) is 5.75 Å². The van der Waals surface area contributed by atoms with Crippen LogP contribution in [0, 0.1) is 6.92 Å². The van der Waals surface area contributed by atoms with Crippen LogP contribution in [0.1, 0.15) is 31.2 Å². The molecule has 1 saturated heterocycles. The minimum Gasteiger partial charge on any atom is -0.484 e. The van der Waals surface area contributed by atoms with Gasteiger partial charge in [-0.1, -0.05) is 30.5 Å². The number of amides is 1. The fourth-order valence-corrected chi connectivity index (χ4v) is 4.91. The smallest absolute Gasteiger partial charge is 0.262 e. The molecule has 1 aliphatic rings. The average Bonchev–Trinajstić information content (AvgIpc) is 3.00. The number of benzene rings is 2. The van der Waals surface area contributed by atoms with E-state index in [-0.39, 0.29) is 17.4 Å². The molecule has 0 aromatic heterocycles. The van der Waals surface area contributed by atoms with Crippen molar-refractivity contribution < 1.29 is 17.9 Å². The van der Waals surface area contributed by atoms with Crippen LogP contribution in [0.25, 0.3) is 0 Å². The van der Waals surface area contributed by atoms with Crippen LogP contribution >= 0.6 is 11.6 Å². The first-order valence-electron chi connectivity index (χ1n) is 9.66. The second-order valence-corrected chi connectivity index (χ2v) is 9.38. The molecule has 8 heteroatoms. The number of hydrogen-bond acceptors (Lipinski definition) is 4. The third-order valence-electron chi connectivity index (χ3n) is 4.94. The quantitative estimate of drug-likeness (QED) is 0.735. The van der Waals surface area contributed by atoms with Gasteiger partial charge < -0.3 is 10.1 Å². The highest BCUT2D eigenvalue weighted by molar-refractivity contribution is 7.89. The zero-order chi connectivity index (χ0) is 20.9. The van der Waals surface area contributed by atoms with E-state index in [0.29, 0.717) is 29.5 Å². The Labute approximate surface area is 176 Å². The van der Waals surface area contributed by atoms with Gasteiger partial charge in [-0.2, -0.15) is 4.31 Å². The van der Waals surface area contributed by atoms with E-state index < -0.39 is 10.0 Å². The summed E-state index contributed by atoms with van der Waals surface area (Å²) in [6, 6.07) is 11.5. The van der Waals surface area contributed by atoms with Crippen molar-refractivity contribution in [3.63, 3.8) is 0 Å². The summed E-state index contributed by atoms with van der Waals surface area (Å²) in [6.45, 7) is 2.75. The van der Waals surface area contributed by atoms with Crippen LogP contribution < -0.4 is 10.1 Å². The summed E-state index contributed by atoms with van der Waals surface area (Å²) in [4.78, 5) is 12.4. The highest BCUT2D eigenvalue weighted by Crippen LogP contribution is 2.24. The van der Waals surface area contributed by atoms with Gasteiger partial charge >= 0.3 is 0 Å². The molecule has 2 aromatic carbocycles. The average molecular weight is 437 g/mol. The molecule has 1 amide bonds. The van der Waals surface area contributed by atoms with Crippen LogP contribution in [0.5, 0.6) is 5.75 Å². The number of carbonyl (C=O) groups is 1. The first kappa shape index (κ1) is 21.6. The molecule has 2 aromatic rings. The molecule has 1 fully saturated rings. The Bertz CT molecular complexity index is 953. The Hall–Kier alpha value is -2.09. The summed E-state index contributed by atoms with van der Waals surface area (Å²) in [6.07, 6.45) is 3.91. The van der Waals surface area contributed by atoms with Crippen molar-refractivity contribution in [3.8, 4) is 5.75 Å². The molecule has 29 heavy (non-hydrogen) atoms. The van der Waals surface area contributed by atoms with Gasteiger partial charge in [0, 0.05) is 23.8 Å². The number of ether oxygens (including phenoxy) is 1. The van der Waals surface area contributed by atoms with Gasteiger partial charge in [0.25, 0.3) is 5.91 Å². The van der Waals surface area contributed by atoms with Crippen molar-refractivity contribution in [3.05, 3.63) is 53.1 Å². The van der Waals surface area contributed by atoms with Gasteiger partial charge in [-0.25, -0.2) is 8.42 Å². The lowest BCUT2D eigenvalue weighted by atomic mass is 10.2. The zero-order valence-corrected chi connectivity index (χ0v) is 17.9. The van der Waals surface area contributed by atoms with E-state index in [2.05, 4.69) is 5.32 Å².